The molecule has 0 radical (unpaired) electrons. The molecule has 1 saturated heterocycles. The van der Waals surface area contributed by atoms with E-state index in [1.165, 1.54) is 0 Å². The van der Waals surface area contributed by atoms with Crippen molar-refractivity contribution in [2.24, 2.45) is 5.92 Å². The second-order valence-electron chi connectivity index (χ2n) is 3.94. The van der Waals surface area contributed by atoms with Gasteiger partial charge in [-0.3, -0.25) is 0 Å². The fourth-order valence-corrected chi connectivity index (χ4v) is 1.82. The molecule has 1 aromatic heterocycles. The van der Waals surface area contributed by atoms with Crippen molar-refractivity contribution in [1.82, 2.24) is 10.1 Å². The van der Waals surface area contributed by atoms with Crippen LogP contribution in [0, 0.1) is 5.92 Å². The Kier molecular flexibility index (Phi) is 3.82. The van der Waals surface area contributed by atoms with Gasteiger partial charge in [0.25, 0.3) is 0 Å². The second kappa shape index (κ2) is 5.34. The van der Waals surface area contributed by atoms with Gasteiger partial charge in [-0.1, -0.05) is 5.16 Å². The molecule has 1 aliphatic rings. The minimum atomic E-state index is -2.65. The highest BCUT2D eigenvalue weighted by molar-refractivity contribution is 4.87. The van der Waals surface area contributed by atoms with Crippen molar-refractivity contribution in [1.29, 1.82) is 0 Å². The van der Waals surface area contributed by atoms with Crippen molar-refractivity contribution in [2.75, 3.05) is 13.2 Å². The zero-order valence-electron chi connectivity index (χ0n) is 8.86. The first-order valence-electron chi connectivity index (χ1n) is 5.44. The third-order valence-electron chi connectivity index (χ3n) is 2.79. The highest BCUT2D eigenvalue weighted by Crippen LogP contribution is 2.21. The molecule has 0 spiro atoms. The summed E-state index contributed by atoms with van der Waals surface area (Å²) in [7, 11) is 0. The third-order valence-corrected chi connectivity index (χ3v) is 2.79. The van der Waals surface area contributed by atoms with Gasteiger partial charge in [-0.25, -0.2) is 8.78 Å². The molecule has 4 nitrogen and oxygen atoms in total. The molecule has 0 amide bonds. The standard InChI is InChI=1S/C10H14F2N2O2/c11-9(12)10-13-8(16-14-10)2-1-7-3-5-15-6-4-7/h7,9H,1-6H2. The van der Waals surface area contributed by atoms with E-state index in [-0.39, 0.29) is 0 Å². The van der Waals surface area contributed by atoms with Crippen LogP contribution in [0.15, 0.2) is 4.52 Å². The van der Waals surface area contributed by atoms with Gasteiger partial charge in [0.2, 0.25) is 11.7 Å². The summed E-state index contributed by atoms with van der Waals surface area (Å²) in [5, 5.41) is 3.22. The van der Waals surface area contributed by atoms with E-state index in [1.807, 2.05) is 0 Å². The van der Waals surface area contributed by atoms with Gasteiger partial charge >= 0.3 is 6.43 Å². The van der Waals surface area contributed by atoms with Crippen molar-refractivity contribution in [2.45, 2.75) is 32.1 Å². The van der Waals surface area contributed by atoms with Gasteiger partial charge in [-0.15, -0.1) is 0 Å². The van der Waals surface area contributed by atoms with Crippen LogP contribution in [0.2, 0.25) is 0 Å². The molecular weight excluding hydrogens is 218 g/mol. The second-order valence-corrected chi connectivity index (χ2v) is 3.94. The maximum Gasteiger partial charge on any atom is 0.300 e. The SMILES string of the molecule is FC(F)c1noc(CCC2CCOCC2)n1. The minimum Gasteiger partial charge on any atom is -0.381 e. The summed E-state index contributed by atoms with van der Waals surface area (Å²) in [4.78, 5) is 3.64. The molecule has 6 heteroatoms. The van der Waals surface area contributed by atoms with Crippen LogP contribution in [0.3, 0.4) is 0 Å². The smallest absolute Gasteiger partial charge is 0.300 e. The van der Waals surface area contributed by atoms with E-state index in [1.54, 1.807) is 0 Å². The van der Waals surface area contributed by atoms with Crippen LogP contribution in [-0.4, -0.2) is 23.4 Å². The number of hydrogen-bond acceptors (Lipinski definition) is 4. The average Bonchev–Trinajstić information content (AvgIpc) is 2.76. The summed E-state index contributed by atoms with van der Waals surface area (Å²) in [5.41, 5.74) is 0. The molecule has 0 atom stereocenters. The average molecular weight is 232 g/mol. The molecule has 0 aliphatic carbocycles. The Morgan fingerprint density at radius 2 is 2.06 bits per heavy atom. The van der Waals surface area contributed by atoms with Gasteiger partial charge in [-0.05, 0) is 25.2 Å². The quantitative estimate of drug-likeness (QED) is 0.799. The Morgan fingerprint density at radius 3 is 2.69 bits per heavy atom. The number of aryl methyl sites for hydroxylation is 1. The van der Waals surface area contributed by atoms with Gasteiger partial charge in [0.1, 0.15) is 0 Å². The Bertz CT molecular complexity index is 324. The number of halogens is 2. The molecule has 2 heterocycles. The molecule has 90 valence electrons. The fourth-order valence-electron chi connectivity index (χ4n) is 1.82. The number of rotatable bonds is 4. The van der Waals surface area contributed by atoms with Crippen molar-refractivity contribution < 1.29 is 18.0 Å². The largest absolute Gasteiger partial charge is 0.381 e. The summed E-state index contributed by atoms with van der Waals surface area (Å²) in [6.07, 6.45) is 0.866. The zero-order chi connectivity index (χ0) is 11.4. The van der Waals surface area contributed by atoms with E-state index in [2.05, 4.69) is 10.1 Å². The normalized spacial score (nSPS) is 18.2. The molecule has 0 bridgehead atoms. The van der Waals surface area contributed by atoms with Gasteiger partial charge in [0.05, 0.1) is 0 Å². The van der Waals surface area contributed by atoms with E-state index >= 15 is 0 Å². The summed E-state index contributed by atoms with van der Waals surface area (Å²) < 4.78 is 34.3. The lowest BCUT2D eigenvalue weighted by molar-refractivity contribution is 0.0633. The van der Waals surface area contributed by atoms with Crippen molar-refractivity contribution >= 4 is 0 Å². The molecule has 0 aromatic carbocycles. The number of aromatic nitrogens is 2. The van der Waals surface area contributed by atoms with E-state index in [0.717, 1.165) is 32.5 Å². The summed E-state index contributed by atoms with van der Waals surface area (Å²) in [6, 6.07) is 0. The monoisotopic (exact) mass is 232 g/mol. The zero-order valence-corrected chi connectivity index (χ0v) is 8.86. The first-order chi connectivity index (χ1) is 7.75. The van der Waals surface area contributed by atoms with Crippen LogP contribution in [0.5, 0.6) is 0 Å². The molecule has 2 rings (SSSR count). The van der Waals surface area contributed by atoms with E-state index in [9.17, 15) is 8.78 Å². The third kappa shape index (κ3) is 2.98. The van der Waals surface area contributed by atoms with Crippen LogP contribution >= 0.6 is 0 Å². The first kappa shape index (κ1) is 11.4. The Balaban J connectivity index is 1.79. The van der Waals surface area contributed by atoms with Crippen molar-refractivity contribution in [3.8, 4) is 0 Å². The Hall–Kier alpha value is -1.04. The molecule has 1 aliphatic heterocycles. The van der Waals surface area contributed by atoms with Gasteiger partial charge < -0.3 is 9.26 Å². The van der Waals surface area contributed by atoms with Crippen LogP contribution in [0.1, 0.15) is 37.4 Å². The van der Waals surface area contributed by atoms with Crippen LogP contribution in [-0.2, 0) is 11.2 Å². The van der Waals surface area contributed by atoms with Crippen molar-refractivity contribution in [3.63, 3.8) is 0 Å². The molecular formula is C10H14F2N2O2. The summed E-state index contributed by atoms with van der Waals surface area (Å²) >= 11 is 0. The predicted octanol–water partition coefficient (Wildman–Crippen LogP) is 2.37. The van der Waals surface area contributed by atoms with E-state index in [4.69, 9.17) is 9.26 Å². The van der Waals surface area contributed by atoms with Crippen LogP contribution in [0.4, 0.5) is 8.78 Å². The molecule has 1 fully saturated rings. The van der Waals surface area contributed by atoms with Crippen LogP contribution in [0.25, 0.3) is 0 Å². The summed E-state index contributed by atoms with van der Waals surface area (Å²) in [5.74, 6) is 0.374. The van der Waals surface area contributed by atoms with Gasteiger partial charge in [0, 0.05) is 19.6 Å². The van der Waals surface area contributed by atoms with Crippen LogP contribution < -0.4 is 0 Å². The molecule has 1 aromatic rings. The van der Waals surface area contributed by atoms with E-state index in [0.29, 0.717) is 18.2 Å². The lowest BCUT2D eigenvalue weighted by Gasteiger charge is -2.20. The molecule has 0 saturated carbocycles. The Labute approximate surface area is 92.0 Å². The fraction of sp³-hybridized carbons (Fsp3) is 0.800. The van der Waals surface area contributed by atoms with Crippen molar-refractivity contribution in [3.05, 3.63) is 11.7 Å². The number of hydrogen-bond donors (Lipinski definition) is 0. The predicted molar refractivity (Wildman–Crippen MR) is 51.1 cm³/mol. The van der Waals surface area contributed by atoms with Gasteiger partial charge in [-0.2, -0.15) is 4.98 Å². The lowest BCUT2D eigenvalue weighted by Crippen LogP contribution is -2.16. The summed E-state index contributed by atoms with van der Waals surface area (Å²) in [6.45, 7) is 1.58. The lowest BCUT2D eigenvalue weighted by atomic mass is 9.95. The van der Waals surface area contributed by atoms with Gasteiger partial charge in [0.15, 0.2) is 0 Å². The maximum absolute atomic E-state index is 12.2. The molecule has 0 unspecified atom stereocenters. The topological polar surface area (TPSA) is 48.2 Å². The minimum absolute atomic E-state index is 0.307. The van der Waals surface area contributed by atoms with E-state index < -0.39 is 12.2 Å². The number of alkyl halides is 2. The maximum atomic E-state index is 12.2. The highest BCUT2D eigenvalue weighted by atomic mass is 19.3. The Morgan fingerprint density at radius 1 is 1.31 bits per heavy atom. The highest BCUT2D eigenvalue weighted by Gasteiger charge is 2.18. The molecule has 16 heavy (non-hydrogen) atoms. The number of ether oxygens (including phenoxy) is 1. The molecule has 0 N–H and O–H groups in total. The number of nitrogens with zero attached hydrogens (tertiary/aromatic N) is 2. The first-order valence-corrected chi connectivity index (χ1v) is 5.44.